The first-order valence-electron chi connectivity index (χ1n) is 7.60. The van der Waals surface area contributed by atoms with Gasteiger partial charge in [0.1, 0.15) is 5.69 Å². The number of nitrogens with zero attached hydrogens (tertiary/aromatic N) is 3. The average Bonchev–Trinajstić information content (AvgIpc) is 2.77. The summed E-state index contributed by atoms with van der Waals surface area (Å²) in [5.41, 5.74) is 0.655. The minimum Gasteiger partial charge on any atom is -0.362 e. The van der Waals surface area contributed by atoms with Crippen molar-refractivity contribution in [1.29, 1.82) is 0 Å². The molecule has 0 bridgehead atoms. The normalized spacial score (nSPS) is 20.5. The van der Waals surface area contributed by atoms with E-state index >= 15 is 0 Å². The lowest BCUT2D eigenvalue weighted by atomic mass is 9.93. The summed E-state index contributed by atoms with van der Waals surface area (Å²) in [6.45, 7) is 7.95. The second kappa shape index (κ2) is 6.43. The van der Waals surface area contributed by atoms with Crippen molar-refractivity contribution < 1.29 is 4.92 Å². The predicted molar refractivity (Wildman–Crippen MR) is 82.6 cm³/mol. The molecule has 1 aliphatic heterocycles. The molecule has 0 aliphatic carbocycles. The van der Waals surface area contributed by atoms with Crippen molar-refractivity contribution in [3.05, 3.63) is 15.8 Å². The van der Waals surface area contributed by atoms with Gasteiger partial charge in [-0.05, 0) is 38.8 Å². The molecule has 2 rings (SSSR count). The minimum absolute atomic E-state index is 0.0267. The van der Waals surface area contributed by atoms with Crippen molar-refractivity contribution in [2.24, 2.45) is 13.0 Å². The first-order valence-corrected chi connectivity index (χ1v) is 7.60. The predicted octanol–water partition coefficient (Wildman–Crippen LogP) is 2.25. The molecular weight excluding hydrogens is 270 g/mol. The molecule has 0 spiro atoms. The number of anilines is 1. The van der Waals surface area contributed by atoms with E-state index in [1.807, 2.05) is 13.8 Å². The smallest absolute Gasteiger partial charge is 0.334 e. The van der Waals surface area contributed by atoms with Crippen molar-refractivity contribution in [3.8, 4) is 0 Å². The highest BCUT2D eigenvalue weighted by Gasteiger charge is 2.30. The standard InChI is InChI=1S/C14H25N5O2/c1-9(2)12-13(19(20)21)14(18(4)17-12)16-10(3)11-6-5-7-15-8-11/h9-11,15-16H,5-8H2,1-4H3. The fraction of sp³-hybridized carbons (Fsp3) is 0.786. The average molecular weight is 295 g/mol. The van der Waals surface area contributed by atoms with Crippen LogP contribution in [0.2, 0.25) is 0 Å². The van der Waals surface area contributed by atoms with Crippen molar-refractivity contribution in [2.75, 3.05) is 18.4 Å². The van der Waals surface area contributed by atoms with Crippen molar-refractivity contribution in [2.45, 2.75) is 45.6 Å². The molecule has 2 heterocycles. The summed E-state index contributed by atoms with van der Waals surface area (Å²) < 4.78 is 1.60. The Bertz CT molecular complexity index is 506. The Labute approximate surface area is 125 Å². The van der Waals surface area contributed by atoms with Crippen LogP contribution in [-0.2, 0) is 7.05 Å². The van der Waals surface area contributed by atoms with Gasteiger partial charge >= 0.3 is 5.69 Å². The zero-order valence-corrected chi connectivity index (χ0v) is 13.2. The van der Waals surface area contributed by atoms with Gasteiger partial charge < -0.3 is 10.6 Å². The Kier molecular flexibility index (Phi) is 4.82. The summed E-state index contributed by atoms with van der Waals surface area (Å²) in [4.78, 5) is 11.1. The lowest BCUT2D eigenvalue weighted by molar-refractivity contribution is -0.384. The van der Waals surface area contributed by atoms with Crippen LogP contribution in [0.25, 0.3) is 0 Å². The SMILES string of the molecule is CC(C)c1nn(C)c(NC(C)C2CCCNC2)c1[N+](=O)[O-]. The third-order valence-corrected chi connectivity index (χ3v) is 4.18. The summed E-state index contributed by atoms with van der Waals surface area (Å²) in [7, 11) is 1.76. The van der Waals surface area contributed by atoms with Gasteiger partial charge in [0.15, 0.2) is 0 Å². The Morgan fingerprint density at radius 1 is 1.48 bits per heavy atom. The molecule has 2 unspecified atom stereocenters. The monoisotopic (exact) mass is 295 g/mol. The molecule has 7 heteroatoms. The van der Waals surface area contributed by atoms with E-state index in [0.717, 1.165) is 25.9 Å². The van der Waals surface area contributed by atoms with Crippen molar-refractivity contribution in [3.63, 3.8) is 0 Å². The Hall–Kier alpha value is -1.63. The zero-order chi connectivity index (χ0) is 15.6. The van der Waals surface area contributed by atoms with Crippen LogP contribution < -0.4 is 10.6 Å². The quantitative estimate of drug-likeness (QED) is 0.643. The lowest BCUT2D eigenvalue weighted by Crippen LogP contribution is -2.39. The maximum absolute atomic E-state index is 11.4. The van der Waals surface area contributed by atoms with Crippen LogP contribution in [0.15, 0.2) is 0 Å². The van der Waals surface area contributed by atoms with Gasteiger partial charge in [-0.15, -0.1) is 0 Å². The molecule has 0 aromatic carbocycles. The number of piperidine rings is 1. The van der Waals surface area contributed by atoms with Gasteiger partial charge in [0.2, 0.25) is 5.82 Å². The molecule has 1 aromatic heterocycles. The van der Waals surface area contributed by atoms with Gasteiger partial charge in [-0.1, -0.05) is 13.8 Å². The summed E-state index contributed by atoms with van der Waals surface area (Å²) in [5, 5.41) is 22.4. The molecular formula is C14H25N5O2. The number of nitrogens with one attached hydrogen (secondary N) is 2. The molecule has 1 fully saturated rings. The van der Waals surface area contributed by atoms with Crippen molar-refractivity contribution >= 4 is 11.5 Å². The van der Waals surface area contributed by atoms with Crippen LogP contribution in [0.4, 0.5) is 11.5 Å². The summed E-state index contributed by atoms with van der Waals surface area (Å²) in [5.74, 6) is 1.02. The van der Waals surface area contributed by atoms with Crippen LogP contribution in [-0.4, -0.2) is 33.8 Å². The number of rotatable bonds is 5. The van der Waals surface area contributed by atoms with Crippen LogP contribution in [0.5, 0.6) is 0 Å². The number of hydrogen-bond acceptors (Lipinski definition) is 5. The van der Waals surface area contributed by atoms with Gasteiger partial charge in [0.25, 0.3) is 0 Å². The largest absolute Gasteiger partial charge is 0.362 e. The fourth-order valence-electron chi connectivity index (χ4n) is 2.90. The molecule has 0 radical (unpaired) electrons. The zero-order valence-electron chi connectivity index (χ0n) is 13.2. The maximum atomic E-state index is 11.4. The summed E-state index contributed by atoms with van der Waals surface area (Å²) in [6, 6.07) is 0.173. The van der Waals surface area contributed by atoms with E-state index in [2.05, 4.69) is 22.7 Å². The maximum Gasteiger partial charge on any atom is 0.334 e. The van der Waals surface area contributed by atoms with E-state index in [1.54, 1.807) is 11.7 Å². The topological polar surface area (TPSA) is 85.0 Å². The fourth-order valence-corrected chi connectivity index (χ4v) is 2.90. The van der Waals surface area contributed by atoms with E-state index in [-0.39, 0.29) is 22.6 Å². The lowest BCUT2D eigenvalue weighted by Gasteiger charge is -2.29. The highest BCUT2D eigenvalue weighted by atomic mass is 16.6. The second-order valence-electron chi connectivity index (χ2n) is 6.16. The number of aromatic nitrogens is 2. The van der Waals surface area contributed by atoms with Gasteiger partial charge in [0.05, 0.1) is 4.92 Å². The van der Waals surface area contributed by atoms with E-state index in [4.69, 9.17) is 0 Å². The Morgan fingerprint density at radius 2 is 2.19 bits per heavy atom. The van der Waals surface area contributed by atoms with Crippen LogP contribution >= 0.6 is 0 Å². The van der Waals surface area contributed by atoms with Crippen LogP contribution in [0.3, 0.4) is 0 Å². The summed E-state index contributed by atoms with van der Waals surface area (Å²) >= 11 is 0. The molecule has 2 N–H and O–H groups in total. The molecule has 0 saturated carbocycles. The number of aryl methyl sites for hydroxylation is 1. The van der Waals surface area contributed by atoms with Crippen LogP contribution in [0, 0.1) is 16.0 Å². The second-order valence-corrected chi connectivity index (χ2v) is 6.16. The van der Waals surface area contributed by atoms with Crippen molar-refractivity contribution in [1.82, 2.24) is 15.1 Å². The summed E-state index contributed by atoms with van der Waals surface area (Å²) in [6.07, 6.45) is 2.30. The third-order valence-electron chi connectivity index (χ3n) is 4.18. The molecule has 21 heavy (non-hydrogen) atoms. The van der Waals surface area contributed by atoms with Gasteiger partial charge in [-0.25, -0.2) is 4.68 Å². The highest BCUT2D eigenvalue weighted by Crippen LogP contribution is 2.34. The van der Waals surface area contributed by atoms with Gasteiger partial charge in [-0.2, -0.15) is 5.10 Å². The molecule has 1 aliphatic rings. The van der Waals surface area contributed by atoms with E-state index in [0.29, 0.717) is 17.4 Å². The first-order chi connectivity index (χ1) is 9.91. The Morgan fingerprint density at radius 3 is 2.71 bits per heavy atom. The highest BCUT2D eigenvalue weighted by molar-refractivity contribution is 5.61. The third kappa shape index (κ3) is 3.34. The molecule has 7 nitrogen and oxygen atoms in total. The molecule has 2 atom stereocenters. The Balaban J connectivity index is 2.24. The minimum atomic E-state index is -0.323. The molecule has 1 aromatic rings. The van der Waals surface area contributed by atoms with E-state index in [9.17, 15) is 10.1 Å². The van der Waals surface area contributed by atoms with Gasteiger partial charge in [0, 0.05) is 19.0 Å². The molecule has 118 valence electrons. The van der Waals surface area contributed by atoms with Crippen LogP contribution in [0.1, 0.15) is 45.2 Å². The van der Waals surface area contributed by atoms with Gasteiger partial charge in [-0.3, -0.25) is 10.1 Å². The first kappa shape index (κ1) is 15.8. The van der Waals surface area contributed by atoms with E-state index < -0.39 is 0 Å². The molecule has 1 saturated heterocycles. The number of nitro groups is 1. The molecule has 0 amide bonds. The number of hydrogen-bond donors (Lipinski definition) is 2. The van der Waals surface area contributed by atoms with E-state index in [1.165, 1.54) is 0 Å².